The lowest BCUT2D eigenvalue weighted by Gasteiger charge is -2.09. The van der Waals surface area contributed by atoms with Gasteiger partial charge < -0.3 is 9.26 Å². The van der Waals surface area contributed by atoms with Crippen LogP contribution >= 0.6 is 0 Å². The lowest BCUT2D eigenvalue weighted by Crippen LogP contribution is -2.02. The first-order valence-corrected chi connectivity index (χ1v) is 8.12. The van der Waals surface area contributed by atoms with E-state index in [0.717, 1.165) is 12.8 Å². The molecule has 124 valence electrons. The smallest absolute Gasteiger partial charge is 0.232 e. The highest BCUT2D eigenvalue weighted by molar-refractivity contribution is 5.46. The minimum Gasteiger partial charge on any atom is -0.477 e. The first-order chi connectivity index (χ1) is 11.8. The molecule has 0 aliphatic carbocycles. The van der Waals surface area contributed by atoms with Crippen molar-refractivity contribution < 1.29 is 9.26 Å². The summed E-state index contributed by atoms with van der Waals surface area (Å²) in [6, 6.07) is 10.3. The molecule has 2 aromatic heterocycles. The summed E-state index contributed by atoms with van der Waals surface area (Å²) in [6.07, 6.45) is 4.95. The second-order valence-electron chi connectivity index (χ2n) is 5.42. The standard InChI is InChI=1S/C18H20N4O2/c1-3-14(10-13-8-6-5-7-9-13)18-21-17(22-24-18)15-11-20-16(12-19-15)23-4-2/h5-9,11-12,14H,3-4,10H2,1-2H3. The number of benzene rings is 1. The lowest BCUT2D eigenvalue weighted by atomic mass is 9.97. The van der Waals surface area contributed by atoms with Crippen molar-refractivity contribution in [3.63, 3.8) is 0 Å². The van der Waals surface area contributed by atoms with Crippen LogP contribution in [-0.4, -0.2) is 26.7 Å². The van der Waals surface area contributed by atoms with Gasteiger partial charge in [-0.15, -0.1) is 0 Å². The van der Waals surface area contributed by atoms with Gasteiger partial charge in [0, 0.05) is 5.92 Å². The molecule has 0 spiro atoms. The number of hydrogen-bond donors (Lipinski definition) is 0. The third-order valence-corrected chi connectivity index (χ3v) is 3.76. The molecule has 2 heterocycles. The van der Waals surface area contributed by atoms with Gasteiger partial charge >= 0.3 is 0 Å². The SMILES string of the molecule is CCOc1cnc(-c2noc(C(CC)Cc3ccccc3)n2)cn1. The first kappa shape index (κ1) is 16.1. The molecule has 3 aromatic rings. The molecule has 24 heavy (non-hydrogen) atoms. The van der Waals surface area contributed by atoms with Crippen molar-refractivity contribution in [3.05, 3.63) is 54.2 Å². The Bertz CT molecular complexity index is 756. The molecule has 0 saturated heterocycles. The summed E-state index contributed by atoms with van der Waals surface area (Å²) in [6.45, 7) is 4.57. The molecule has 0 aliphatic heterocycles. The normalized spacial score (nSPS) is 12.1. The van der Waals surface area contributed by atoms with Crippen LogP contribution in [0, 0.1) is 0 Å². The summed E-state index contributed by atoms with van der Waals surface area (Å²) < 4.78 is 10.7. The van der Waals surface area contributed by atoms with Crippen LogP contribution in [0.4, 0.5) is 0 Å². The topological polar surface area (TPSA) is 73.9 Å². The van der Waals surface area contributed by atoms with Gasteiger partial charge in [-0.2, -0.15) is 4.98 Å². The van der Waals surface area contributed by atoms with E-state index in [0.29, 0.717) is 29.9 Å². The monoisotopic (exact) mass is 324 g/mol. The summed E-state index contributed by atoms with van der Waals surface area (Å²) in [7, 11) is 0. The Balaban J connectivity index is 1.75. The van der Waals surface area contributed by atoms with Crippen molar-refractivity contribution in [2.24, 2.45) is 0 Å². The Hall–Kier alpha value is -2.76. The zero-order valence-corrected chi connectivity index (χ0v) is 13.8. The van der Waals surface area contributed by atoms with Crippen molar-refractivity contribution in [2.75, 3.05) is 6.61 Å². The summed E-state index contributed by atoms with van der Waals surface area (Å²) in [5, 5.41) is 4.04. The number of aromatic nitrogens is 4. The highest BCUT2D eigenvalue weighted by atomic mass is 16.5. The largest absolute Gasteiger partial charge is 0.477 e. The molecule has 0 N–H and O–H groups in total. The highest BCUT2D eigenvalue weighted by Gasteiger charge is 2.19. The second-order valence-corrected chi connectivity index (χ2v) is 5.42. The van der Waals surface area contributed by atoms with Crippen LogP contribution < -0.4 is 4.74 Å². The van der Waals surface area contributed by atoms with Gasteiger partial charge in [0.25, 0.3) is 0 Å². The predicted molar refractivity (Wildman–Crippen MR) is 89.7 cm³/mol. The molecule has 1 unspecified atom stereocenters. The van der Waals surface area contributed by atoms with Gasteiger partial charge in [-0.1, -0.05) is 42.4 Å². The second kappa shape index (κ2) is 7.68. The van der Waals surface area contributed by atoms with Crippen molar-refractivity contribution >= 4 is 0 Å². The maximum absolute atomic E-state index is 5.46. The van der Waals surface area contributed by atoms with Crippen molar-refractivity contribution in [3.8, 4) is 17.4 Å². The van der Waals surface area contributed by atoms with Gasteiger partial charge in [-0.25, -0.2) is 9.97 Å². The van der Waals surface area contributed by atoms with E-state index >= 15 is 0 Å². The molecule has 0 bridgehead atoms. The maximum atomic E-state index is 5.46. The van der Waals surface area contributed by atoms with Gasteiger partial charge in [0.15, 0.2) is 0 Å². The Kier molecular flexibility index (Phi) is 5.15. The predicted octanol–water partition coefficient (Wildman–Crippen LogP) is 3.66. The Morgan fingerprint density at radius 2 is 1.92 bits per heavy atom. The van der Waals surface area contributed by atoms with Gasteiger partial charge in [-0.3, -0.25) is 0 Å². The number of ether oxygens (including phenoxy) is 1. The Labute approximate surface area is 140 Å². The number of hydrogen-bond acceptors (Lipinski definition) is 6. The molecule has 0 radical (unpaired) electrons. The average molecular weight is 324 g/mol. The third kappa shape index (κ3) is 3.76. The van der Waals surface area contributed by atoms with Gasteiger partial charge in [0.2, 0.25) is 17.6 Å². The lowest BCUT2D eigenvalue weighted by molar-refractivity contribution is 0.325. The van der Waals surface area contributed by atoms with Gasteiger partial charge in [0.1, 0.15) is 5.69 Å². The van der Waals surface area contributed by atoms with Crippen LogP contribution in [0.25, 0.3) is 11.5 Å². The zero-order valence-electron chi connectivity index (χ0n) is 13.8. The molecule has 1 atom stereocenters. The number of nitrogens with zero attached hydrogens (tertiary/aromatic N) is 4. The molecule has 0 aliphatic rings. The third-order valence-electron chi connectivity index (χ3n) is 3.76. The van der Waals surface area contributed by atoms with E-state index in [2.05, 4.69) is 39.2 Å². The molecular formula is C18H20N4O2. The summed E-state index contributed by atoms with van der Waals surface area (Å²) in [5.41, 5.74) is 1.83. The van der Waals surface area contributed by atoms with Crippen molar-refractivity contribution in [1.82, 2.24) is 20.1 Å². The van der Waals surface area contributed by atoms with E-state index in [4.69, 9.17) is 9.26 Å². The zero-order chi connectivity index (χ0) is 16.8. The summed E-state index contributed by atoms with van der Waals surface area (Å²) in [4.78, 5) is 13.0. The van der Waals surface area contributed by atoms with E-state index < -0.39 is 0 Å². The Morgan fingerprint density at radius 3 is 2.58 bits per heavy atom. The summed E-state index contributed by atoms with van der Waals surface area (Å²) >= 11 is 0. The van der Waals surface area contributed by atoms with Crippen LogP contribution in [0.1, 0.15) is 37.6 Å². The molecule has 0 amide bonds. The molecule has 6 nitrogen and oxygen atoms in total. The fourth-order valence-corrected chi connectivity index (χ4v) is 2.46. The van der Waals surface area contributed by atoms with Crippen molar-refractivity contribution in [1.29, 1.82) is 0 Å². The molecular weight excluding hydrogens is 304 g/mol. The fraction of sp³-hybridized carbons (Fsp3) is 0.333. The quantitative estimate of drug-likeness (QED) is 0.660. The average Bonchev–Trinajstić information content (AvgIpc) is 3.11. The van der Waals surface area contributed by atoms with Crippen LogP contribution in [0.15, 0.2) is 47.2 Å². The van der Waals surface area contributed by atoms with Crippen LogP contribution in [-0.2, 0) is 6.42 Å². The highest BCUT2D eigenvalue weighted by Crippen LogP contribution is 2.24. The molecule has 3 rings (SSSR count). The van der Waals surface area contributed by atoms with Crippen LogP contribution in [0.5, 0.6) is 5.88 Å². The fourth-order valence-electron chi connectivity index (χ4n) is 2.46. The number of rotatable bonds is 7. The molecule has 0 fully saturated rings. The minimum absolute atomic E-state index is 0.185. The summed E-state index contributed by atoms with van der Waals surface area (Å²) in [5.74, 6) is 1.75. The van der Waals surface area contributed by atoms with Crippen LogP contribution in [0.2, 0.25) is 0 Å². The molecule has 6 heteroatoms. The Morgan fingerprint density at radius 1 is 1.08 bits per heavy atom. The van der Waals surface area contributed by atoms with Gasteiger partial charge in [-0.05, 0) is 25.3 Å². The van der Waals surface area contributed by atoms with Crippen molar-refractivity contribution in [2.45, 2.75) is 32.6 Å². The first-order valence-electron chi connectivity index (χ1n) is 8.12. The van der Waals surface area contributed by atoms with E-state index in [1.807, 2.05) is 25.1 Å². The van der Waals surface area contributed by atoms with Gasteiger partial charge in [0.05, 0.1) is 19.0 Å². The molecule has 0 saturated carbocycles. The van der Waals surface area contributed by atoms with E-state index in [1.54, 1.807) is 12.4 Å². The van der Waals surface area contributed by atoms with E-state index in [9.17, 15) is 0 Å². The van der Waals surface area contributed by atoms with E-state index in [-0.39, 0.29) is 5.92 Å². The molecule has 1 aromatic carbocycles. The van der Waals surface area contributed by atoms with Crippen LogP contribution in [0.3, 0.4) is 0 Å². The maximum Gasteiger partial charge on any atom is 0.232 e. The van der Waals surface area contributed by atoms with E-state index in [1.165, 1.54) is 5.56 Å². The minimum atomic E-state index is 0.185.